The number of rotatable bonds is 17. The molecule has 6 atom stereocenters. The lowest BCUT2D eigenvalue weighted by Crippen LogP contribution is -2.64. The Hall–Kier alpha value is -4.34. The Labute approximate surface area is 323 Å². The van der Waals surface area contributed by atoms with Crippen molar-refractivity contribution in [3.05, 3.63) is 133 Å². The fourth-order valence-electron chi connectivity index (χ4n) is 8.74. The first-order valence-electron chi connectivity index (χ1n) is 19.2. The molecule has 7 nitrogen and oxygen atoms in total. The van der Waals surface area contributed by atoms with Gasteiger partial charge >= 0.3 is 0 Å². The normalized spacial score (nSPS) is 24.8. The highest BCUT2D eigenvalue weighted by molar-refractivity contribution is 8.00. The fraction of sp³-hybridized carbons (Fsp3) is 0.370. The van der Waals surface area contributed by atoms with Crippen molar-refractivity contribution < 1.29 is 29.3 Å². The van der Waals surface area contributed by atoms with E-state index in [1.165, 1.54) is 0 Å². The van der Waals surface area contributed by atoms with Crippen molar-refractivity contribution >= 4 is 17.5 Å². The Balaban J connectivity index is 1.35. The number of hydrogen-bond donors (Lipinski definition) is 2. The highest BCUT2D eigenvalue weighted by Crippen LogP contribution is 2.63. The van der Waals surface area contributed by atoms with Gasteiger partial charge in [-0.05, 0) is 96.7 Å². The minimum absolute atomic E-state index is 0.0124. The van der Waals surface area contributed by atoms with Gasteiger partial charge < -0.3 is 29.3 Å². The molecule has 0 spiro atoms. The molecule has 54 heavy (non-hydrogen) atoms. The topological polar surface area (TPSA) is 89.7 Å². The van der Waals surface area contributed by atoms with Gasteiger partial charge in [0.25, 0.3) is 0 Å². The first-order valence-corrected chi connectivity index (χ1v) is 20.1. The van der Waals surface area contributed by atoms with E-state index < -0.39 is 5.79 Å². The summed E-state index contributed by atoms with van der Waals surface area (Å²) in [5.74, 6) is 1.46. The van der Waals surface area contributed by atoms with Gasteiger partial charge in [-0.15, -0.1) is 18.3 Å². The lowest BCUT2D eigenvalue weighted by molar-refractivity contribution is -0.223. The van der Waals surface area contributed by atoms with Crippen molar-refractivity contribution in [3.63, 3.8) is 0 Å². The molecule has 1 saturated carbocycles. The Morgan fingerprint density at radius 2 is 1.54 bits per heavy atom. The van der Waals surface area contributed by atoms with Crippen LogP contribution in [0.15, 0.2) is 137 Å². The van der Waals surface area contributed by atoms with E-state index in [1.807, 2.05) is 48.5 Å². The van der Waals surface area contributed by atoms with Crippen molar-refractivity contribution in [1.29, 1.82) is 0 Å². The van der Waals surface area contributed by atoms with Gasteiger partial charge in [-0.3, -0.25) is 0 Å². The predicted octanol–water partition coefficient (Wildman–Crippen LogP) is 10.2. The third kappa shape index (κ3) is 8.03. The molecule has 0 unspecified atom stereocenters. The second-order valence-corrected chi connectivity index (χ2v) is 15.6. The maximum Gasteiger partial charge on any atom is 0.231 e. The molecule has 2 aliphatic carbocycles. The van der Waals surface area contributed by atoms with E-state index >= 15 is 0 Å². The summed E-state index contributed by atoms with van der Waals surface area (Å²) in [6, 6.07) is 35.2. The van der Waals surface area contributed by atoms with Crippen LogP contribution in [-0.4, -0.2) is 53.9 Å². The number of allylic oxidation sites excluding steroid dienone is 1. The highest BCUT2D eigenvalue weighted by Gasteiger charge is 2.64. The minimum atomic E-state index is -1.04. The molecule has 4 aromatic carbocycles. The third-order valence-electron chi connectivity index (χ3n) is 11.0. The molecule has 2 N–H and O–H groups in total. The van der Waals surface area contributed by atoms with Gasteiger partial charge in [0.15, 0.2) is 0 Å². The van der Waals surface area contributed by atoms with Gasteiger partial charge in [-0.2, -0.15) is 0 Å². The minimum Gasteiger partial charge on any atom is -0.460 e. The highest BCUT2D eigenvalue weighted by atomic mass is 32.2. The average molecular weight is 746 g/mol. The maximum absolute atomic E-state index is 9.88. The van der Waals surface area contributed by atoms with Gasteiger partial charge in [0.05, 0.1) is 23.5 Å². The zero-order valence-electron chi connectivity index (χ0n) is 31.0. The van der Waals surface area contributed by atoms with Crippen molar-refractivity contribution in [2.75, 3.05) is 26.9 Å². The maximum atomic E-state index is 9.88. The SMILES string of the molecule is C=CCO[C@@]12Oc3ccc(Oc4ccc(-c5ccccc5)cc4)cc3[C@H]3[C@H](CCCCO)[C@@H](CCCCO)C=C(C(=NOC)C[C@@H]1Sc1ccccc1)[C@H]32. The Kier molecular flexibility index (Phi) is 12.6. The van der Waals surface area contributed by atoms with Crippen molar-refractivity contribution in [2.24, 2.45) is 22.9 Å². The summed E-state index contributed by atoms with van der Waals surface area (Å²) in [6.07, 6.45) is 9.95. The quantitative estimate of drug-likeness (QED) is 0.0632. The van der Waals surface area contributed by atoms with E-state index in [0.717, 1.165) is 88.6 Å². The number of hydrogen-bond acceptors (Lipinski definition) is 8. The molecular weight excluding hydrogens is 695 g/mol. The van der Waals surface area contributed by atoms with Crippen LogP contribution in [0.2, 0.25) is 0 Å². The van der Waals surface area contributed by atoms with E-state index in [2.05, 4.69) is 67.3 Å². The van der Waals surface area contributed by atoms with E-state index in [4.69, 9.17) is 24.2 Å². The molecule has 8 heteroatoms. The monoisotopic (exact) mass is 745 g/mol. The van der Waals surface area contributed by atoms with E-state index in [9.17, 15) is 10.2 Å². The molecular formula is C46H51NO6S. The molecule has 0 amide bonds. The Bertz CT molecular complexity index is 1900. The summed E-state index contributed by atoms with van der Waals surface area (Å²) in [5, 5.41) is 24.2. The molecule has 1 fully saturated rings. The van der Waals surface area contributed by atoms with Crippen LogP contribution < -0.4 is 9.47 Å². The fourth-order valence-corrected chi connectivity index (χ4v) is 10.1. The first-order chi connectivity index (χ1) is 26.6. The summed E-state index contributed by atoms with van der Waals surface area (Å²) in [6.45, 7) is 4.68. The zero-order valence-corrected chi connectivity index (χ0v) is 31.8. The summed E-state index contributed by atoms with van der Waals surface area (Å²) in [4.78, 5) is 6.68. The Morgan fingerprint density at radius 1 is 0.852 bits per heavy atom. The van der Waals surface area contributed by atoms with Gasteiger partial charge in [-0.25, -0.2) is 0 Å². The number of unbranched alkanes of at least 4 members (excludes halogenated alkanes) is 2. The number of thioether (sulfide) groups is 1. The van der Waals surface area contributed by atoms with Crippen molar-refractivity contribution in [1.82, 2.24) is 0 Å². The lowest BCUT2D eigenvalue weighted by Gasteiger charge is -2.58. The smallest absolute Gasteiger partial charge is 0.231 e. The lowest BCUT2D eigenvalue weighted by atomic mass is 9.56. The number of fused-ring (bicyclic) bond motifs is 2. The second-order valence-electron chi connectivity index (χ2n) is 14.4. The molecule has 0 saturated heterocycles. The molecule has 4 aromatic rings. The molecule has 0 bridgehead atoms. The van der Waals surface area contributed by atoms with Crippen LogP contribution >= 0.6 is 11.8 Å². The second kappa shape index (κ2) is 17.9. The van der Waals surface area contributed by atoms with Crippen LogP contribution in [0.5, 0.6) is 17.2 Å². The van der Waals surface area contributed by atoms with E-state index in [1.54, 1.807) is 24.9 Å². The number of benzene rings is 4. The molecule has 0 radical (unpaired) electrons. The third-order valence-corrected chi connectivity index (χ3v) is 12.4. The number of nitrogens with zero attached hydrogens (tertiary/aromatic N) is 1. The van der Waals surface area contributed by atoms with E-state index in [-0.39, 0.29) is 42.1 Å². The van der Waals surface area contributed by atoms with Gasteiger partial charge in [0.1, 0.15) is 24.4 Å². The number of aliphatic hydroxyl groups is 2. The van der Waals surface area contributed by atoms with Gasteiger partial charge in [-0.1, -0.05) is 90.8 Å². The summed E-state index contributed by atoms with van der Waals surface area (Å²) in [7, 11) is 1.61. The van der Waals surface area contributed by atoms with Gasteiger partial charge in [0.2, 0.25) is 5.79 Å². The van der Waals surface area contributed by atoms with E-state index in [0.29, 0.717) is 13.0 Å². The summed E-state index contributed by atoms with van der Waals surface area (Å²) >= 11 is 1.75. The number of aliphatic hydroxyl groups excluding tert-OH is 2. The molecule has 282 valence electrons. The average Bonchev–Trinajstić information content (AvgIpc) is 3.20. The Morgan fingerprint density at radius 3 is 2.24 bits per heavy atom. The van der Waals surface area contributed by atoms with Crippen LogP contribution in [-0.2, 0) is 9.57 Å². The molecule has 0 aromatic heterocycles. The van der Waals surface area contributed by atoms with Crippen LogP contribution in [0.3, 0.4) is 0 Å². The molecule has 3 aliphatic rings. The largest absolute Gasteiger partial charge is 0.460 e. The molecule has 1 aliphatic heterocycles. The molecule has 1 heterocycles. The van der Waals surface area contributed by atoms with Crippen LogP contribution in [0.4, 0.5) is 0 Å². The first kappa shape index (κ1) is 38.0. The van der Waals surface area contributed by atoms with Crippen molar-refractivity contribution in [3.8, 4) is 28.4 Å². The molecule has 7 rings (SSSR count). The van der Waals surface area contributed by atoms with Crippen molar-refractivity contribution in [2.45, 2.75) is 66.8 Å². The summed E-state index contributed by atoms with van der Waals surface area (Å²) < 4.78 is 20.9. The van der Waals surface area contributed by atoms with Gasteiger partial charge in [0, 0.05) is 36.0 Å². The van der Waals surface area contributed by atoms with Crippen LogP contribution in [0, 0.1) is 17.8 Å². The standard InChI is InChI=1S/C46H51NO6S/c1-3-28-51-46-43(54-37-17-8-5-9-18-37)31-41(47-50-2)39-29-34(16-10-12-26-48)38(19-11-13-27-49)44(45(39)46)40-30-36(24-25-42(40)53-46)52-35-22-20-33(21-23-35)32-14-6-4-7-15-32/h3-9,14-15,17-18,20-25,29-30,34,38,43-45,48-49H,1,10-13,16,19,26-28,31H2,2H3/t34-,38+,43-,44+,45+,46+/m0/s1. The summed E-state index contributed by atoms with van der Waals surface area (Å²) in [5.41, 5.74) is 5.40. The zero-order chi connectivity index (χ0) is 37.3. The predicted molar refractivity (Wildman–Crippen MR) is 216 cm³/mol. The van der Waals surface area contributed by atoms with Crippen LogP contribution in [0.1, 0.15) is 56.4 Å². The number of ether oxygens (including phenoxy) is 3. The van der Waals surface area contributed by atoms with Crippen LogP contribution in [0.25, 0.3) is 11.1 Å². The number of oxime groups is 1.